The minimum absolute atomic E-state index is 0. The highest BCUT2D eigenvalue weighted by Crippen LogP contribution is 2.24. The van der Waals surface area contributed by atoms with E-state index in [1.54, 1.807) is 0 Å². The number of halogens is 1. The number of nitrogens with zero attached hydrogens (tertiary/aromatic N) is 1. The zero-order valence-corrected chi connectivity index (χ0v) is 19.5. The largest absolute Gasteiger partial charge is 0.491 e. The highest BCUT2D eigenvalue weighted by atomic mass is 35.5. The summed E-state index contributed by atoms with van der Waals surface area (Å²) < 4.78 is 11.3. The fourth-order valence-electron chi connectivity index (χ4n) is 3.71. The number of likely N-dealkylation sites (tertiary alicyclic amines) is 1. The lowest BCUT2D eigenvalue weighted by atomic mass is 10.1. The minimum Gasteiger partial charge on any atom is -0.491 e. The Kier molecular flexibility index (Phi) is 15.3. The van der Waals surface area contributed by atoms with E-state index < -0.39 is 6.09 Å². The summed E-state index contributed by atoms with van der Waals surface area (Å²) in [6.45, 7) is 6.38. The lowest BCUT2D eigenvalue weighted by Crippen LogP contribution is -2.33. The molecule has 0 aliphatic carbocycles. The smallest absolute Gasteiger partial charge is 0.411 e. The number of amides is 1. The third-order valence-corrected chi connectivity index (χ3v) is 5.47. The van der Waals surface area contributed by atoms with Gasteiger partial charge in [0, 0.05) is 6.54 Å². The Hall–Kier alpha value is -1.46. The van der Waals surface area contributed by atoms with Gasteiger partial charge in [0.25, 0.3) is 0 Å². The summed E-state index contributed by atoms with van der Waals surface area (Å²) in [5.74, 6) is 0.712. The molecule has 1 aromatic rings. The fraction of sp³-hybridized carbons (Fsp3) is 0.708. The van der Waals surface area contributed by atoms with Gasteiger partial charge >= 0.3 is 6.09 Å². The van der Waals surface area contributed by atoms with Gasteiger partial charge in [0.1, 0.15) is 12.4 Å². The molecule has 0 radical (unpaired) electrons. The van der Waals surface area contributed by atoms with Gasteiger partial charge < -0.3 is 9.47 Å². The Morgan fingerprint density at radius 2 is 1.60 bits per heavy atom. The highest BCUT2D eigenvalue weighted by molar-refractivity contribution is 5.86. The van der Waals surface area contributed by atoms with Crippen molar-refractivity contribution >= 4 is 24.2 Å². The third kappa shape index (κ3) is 11.7. The summed E-state index contributed by atoms with van der Waals surface area (Å²) in [5.41, 5.74) is 0.676. The first-order chi connectivity index (χ1) is 14.3. The van der Waals surface area contributed by atoms with Crippen LogP contribution in [0.2, 0.25) is 0 Å². The molecule has 0 atom stereocenters. The molecule has 1 aliphatic rings. The molecule has 0 unspecified atom stereocenters. The monoisotopic (exact) mass is 440 g/mol. The average Bonchev–Trinajstić information content (AvgIpc) is 2.74. The van der Waals surface area contributed by atoms with Crippen LogP contribution in [0.25, 0.3) is 0 Å². The van der Waals surface area contributed by atoms with Crippen LogP contribution in [0.5, 0.6) is 5.75 Å². The Morgan fingerprint density at radius 1 is 0.933 bits per heavy atom. The molecule has 1 heterocycles. The fourth-order valence-corrected chi connectivity index (χ4v) is 3.71. The molecule has 1 fully saturated rings. The Balaban J connectivity index is 0.00000450. The number of hydrogen-bond donors (Lipinski definition) is 1. The molecule has 1 aliphatic heterocycles. The lowest BCUT2D eigenvalue weighted by molar-refractivity contribution is 0.131. The molecule has 0 aromatic heterocycles. The number of hydrogen-bond acceptors (Lipinski definition) is 4. The molecule has 1 amide bonds. The van der Waals surface area contributed by atoms with Crippen molar-refractivity contribution in [2.75, 3.05) is 38.2 Å². The van der Waals surface area contributed by atoms with E-state index in [-0.39, 0.29) is 12.4 Å². The molecule has 5 nitrogen and oxygen atoms in total. The molecular formula is C24H41ClN2O3. The Labute approximate surface area is 189 Å². The Morgan fingerprint density at radius 3 is 2.33 bits per heavy atom. The molecule has 1 saturated heterocycles. The van der Waals surface area contributed by atoms with Crippen molar-refractivity contribution in [3.05, 3.63) is 24.3 Å². The minimum atomic E-state index is -0.412. The summed E-state index contributed by atoms with van der Waals surface area (Å²) in [5, 5.41) is 2.82. The Bertz CT molecular complexity index is 565. The van der Waals surface area contributed by atoms with Crippen molar-refractivity contribution in [3.8, 4) is 5.75 Å². The van der Waals surface area contributed by atoms with Gasteiger partial charge in [-0.05, 0) is 44.5 Å². The first-order valence-corrected chi connectivity index (χ1v) is 11.7. The second kappa shape index (κ2) is 17.2. The van der Waals surface area contributed by atoms with Crippen LogP contribution in [0.15, 0.2) is 24.3 Å². The van der Waals surface area contributed by atoms with E-state index >= 15 is 0 Å². The van der Waals surface area contributed by atoms with Crippen LogP contribution in [0.4, 0.5) is 10.5 Å². The van der Waals surface area contributed by atoms with Crippen LogP contribution in [0.3, 0.4) is 0 Å². The number of ether oxygens (including phenoxy) is 2. The number of para-hydroxylation sites is 2. The molecule has 1 aromatic carbocycles. The number of unbranched alkanes of at least 4 members (excludes halogenated alkanes) is 7. The second-order valence-electron chi connectivity index (χ2n) is 7.98. The maximum Gasteiger partial charge on any atom is 0.411 e. The number of nitrogens with one attached hydrogen (secondary N) is 1. The summed E-state index contributed by atoms with van der Waals surface area (Å²) in [6, 6.07) is 7.57. The van der Waals surface area contributed by atoms with Crippen LogP contribution >= 0.6 is 12.4 Å². The normalized spacial score (nSPS) is 14.0. The maximum atomic E-state index is 12.1. The molecule has 1 N–H and O–H groups in total. The summed E-state index contributed by atoms with van der Waals surface area (Å²) in [4.78, 5) is 14.5. The quantitative estimate of drug-likeness (QED) is 0.328. The van der Waals surface area contributed by atoms with Crippen LogP contribution in [0.1, 0.15) is 77.6 Å². The average molecular weight is 441 g/mol. The van der Waals surface area contributed by atoms with Crippen molar-refractivity contribution in [2.24, 2.45) is 0 Å². The van der Waals surface area contributed by atoms with E-state index in [9.17, 15) is 4.79 Å². The molecular weight excluding hydrogens is 400 g/mol. The van der Waals surface area contributed by atoms with Gasteiger partial charge in [-0.1, -0.05) is 70.4 Å². The zero-order chi connectivity index (χ0) is 20.6. The van der Waals surface area contributed by atoms with E-state index in [2.05, 4.69) is 17.1 Å². The van der Waals surface area contributed by atoms with Crippen LogP contribution < -0.4 is 10.1 Å². The molecule has 0 bridgehead atoms. The van der Waals surface area contributed by atoms with Gasteiger partial charge in [-0.2, -0.15) is 0 Å². The van der Waals surface area contributed by atoms with Crippen molar-refractivity contribution in [1.82, 2.24) is 4.90 Å². The molecule has 0 spiro atoms. The number of carbonyl (C=O) groups excluding carboxylic acids is 1. The maximum absolute atomic E-state index is 12.1. The van der Waals surface area contributed by atoms with Gasteiger partial charge in [0.05, 0.1) is 12.3 Å². The predicted molar refractivity (Wildman–Crippen MR) is 127 cm³/mol. The molecule has 6 heteroatoms. The van der Waals surface area contributed by atoms with Crippen molar-refractivity contribution in [3.63, 3.8) is 0 Å². The summed E-state index contributed by atoms with van der Waals surface area (Å²) in [6.07, 6.45) is 13.6. The van der Waals surface area contributed by atoms with Crippen molar-refractivity contribution in [2.45, 2.75) is 77.6 Å². The lowest BCUT2D eigenvalue weighted by Gasteiger charge is -2.25. The van der Waals surface area contributed by atoms with Gasteiger partial charge in [0.2, 0.25) is 0 Å². The zero-order valence-electron chi connectivity index (χ0n) is 18.7. The third-order valence-electron chi connectivity index (χ3n) is 5.47. The number of carbonyl (C=O) groups is 1. The molecule has 2 rings (SSSR count). The number of benzene rings is 1. The molecule has 172 valence electrons. The van der Waals surface area contributed by atoms with E-state index in [0.717, 1.165) is 26.1 Å². The van der Waals surface area contributed by atoms with Crippen LogP contribution in [-0.2, 0) is 4.74 Å². The van der Waals surface area contributed by atoms with Gasteiger partial charge in [0.15, 0.2) is 0 Å². The second-order valence-corrected chi connectivity index (χ2v) is 7.98. The van der Waals surface area contributed by atoms with Crippen molar-refractivity contribution < 1.29 is 14.3 Å². The molecule has 0 saturated carbocycles. The topological polar surface area (TPSA) is 50.8 Å². The van der Waals surface area contributed by atoms with Crippen LogP contribution in [-0.4, -0.2) is 43.8 Å². The SMILES string of the molecule is CCCCCCCCCCOc1ccccc1NC(=O)OCCN1CCCCC1.Cl. The highest BCUT2D eigenvalue weighted by Gasteiger charge is 2.12. The number of piperidine rings is 1. The first kappa shape index (κ1) is 26.6. The predicted octanol–water partition coefficient (Wildman–Crippen LogP) is 6.66. The van der Waals surface area contributed by atoms with E-state index in [1.807, 2.05) is 24.3 Å². The molecule has 30 heavy (non-hydrogen) atoms. The standard InChI is InChI=1S/C24H40N2O3.ClH/c1-2-3-4-5-6-7-8-14-20-28-23-16-11-10-15-22(23)25-24(27)29-21-19-26-17-12-9-13-18-26;/h10-11,15-16H,2-9,12-14,17-21H2,1H3,(H,25,27);1H. The first-order valence-electron chi connectivity index (χ1n) is 11.7. The summed E-state index contributed by atoms with van der Waals surface area (Å²) in [7, 11) is 0. The van der Waals surface area contributed by atoms with E-state index in [4.69, 9.17) is 9.47 Å². The number of rotatable bonds is 14. The van der Waals surface area contributed by atoms with Gasteiger partial charge in [-0.3, -0.25) is 10.2 Å². The summed E-state index contributed by atoms with van der Waals surface area (Å²) >= 11 is 0. The van der Waals surface area contributed by atoms with E-state index in [1.165, 1.54) is 64.2 Å². The van der Waals surface area contributed by atoms with Crippen molar-refractivity contribution in [1.29, 1.82) is 0 Å². The van der Waals surface area contributed by atoms with E-state index in [0.29, 0.717) is 24.7 Å². The van der Waals surface area contributed by atoms with Gasteiger partial charge in [-0.15, -0.1) is 12.4 Å². The number of anilines is 1. The van der Waals surface area contributed by atoms with Gasteiger partial charge in [-0.25, -0.2) is 4.79 Å². The van der Waals surface area contributed by atoms with Crippen LogP contribution in [0, 0.1) is 0 Å².